The number of nitrogens with one attached hydrogen (secondary N) is 1. The van der Waals surface area contributed by atoms with Gasteiger partial charge in [-0.3, -0.25) is 10.1 Å². The van der Waals surface area contributed by atoms with Crippen LogP contribution in [0.5, 0.6) is 0 Å². The predicted octanol–water partition coefficient (Wildman–Crippen LogP) is 1.94. The molecule has 3 nitrogen and oxygen atoms in total. The first-order chi connectivity index (χ1) is 7.81. The first kappa shape index (κ1) is 12.0. The minimum atomic E-state index is -0.0964. The van der Waals surface area contributed by atoms with E-state index >= 15 is 0 Å². The number of carbonyl (C=O) groups excluding carboxylic acids is 1. The summed E-state index contributed by atoms with van der Waals surface area (Å²) in [7, 11) is 0. The molecular weight excluding hydrogens is 222 g/mol. The van der Waals surface area contributed by atoms with Gasteiger partial charge in [-0.1, -0.05) is 12.2 Å². The lowest BCUT2D eigenvalue weighted by atomic mass is 9.94. The lowest BCUT2D eigenvalue weighted by Crippen LogP contribution is -2.40. The van der Waals surface area contributed by atoms with Gasteiger partial charge in [0.2, 0.25) is 0 Å². The fourth-order valence-electron chi connectivity index (χ4n) is 2.24. The zero-order valence-electron chi connectivity index (χ0n) is 9.65. The third-order valence-corrected chi connectivity index (χ3v) is 4.52. The van der Waals surface area contributed by atoms with Crippen LogP contribution in [0.3, 0.4) is 0 Å². The van der Waals surface area contributed by atoms with Crippen LogP contribution < -0.4 is 5.32 Å². The van der Waals surface area contributed by atoms with Crippen LogP contribution in [-0.2, 0) is 9.53 Å². The number of thioether (sulfide) groups is 1. The first-order valence-corrected chi connectivity index (χ1v) is 7.05. The van der Waals surface area contributed by atoms with E-state index in [2.05, 4.69) is 17.5 Å². The average Bonchev–Trinajstić information content (AvgIpc) is 2.80. The number of hydrogen-bond donors (Lipinski definition) is 1. The van der Waals surface area contributed by atoms with Crippen LogP contribution in [0.4, 0.5) is 0 Å². The van der Waals surface area contributed by atoms with Crippen molar-refractivity contribution in [2.45, 2.75) is 37.6 Å². The fourth-order valence-corrected chi connectivity index (χ4v) is 3.65. The second-order valence-electron chi connectivity index (χ2n) is 4.27. The lowest BCUT2D eigenvalue weighted by Gasteiger charge is -2.24. The smallest absolute Gasteiger partial charge is 0.324 e. The predicted molar refractivity (Wildman–Crippen MR) is 66.3 cm³/mol. The van der Waals surface area contributed by atoms with Crippen molar-refractivity contribution in [1.29, 1.82) is 0 Å². The Bertz CT molecular complexity index is 280. The van der Waals surface area contributed by atoms with Crippen molar-refractivity contribution in [2.75, 3.05) is 12.4 Å². The number of ether oxygens (including phenoxy) is 1. The summed E-state index contributed by atoms with van der Waals surface area (Å²) >= 11 is 1.87. The van der Waals surface area contributed by atoms with Crippen LogP contribution in [0.15, 0.2) is 12.2 Å². The Labute approximate surface area is 101 Å². The van der Waals surface area contributed by atoms with Crippen molar-refractivity contribution in [3.05, 3.63) is 12.2 Å². The Morgan fingerprint density at radius 1 is 1.56 bits per heavy atom. The summed E-state index contributed by atoms with van der Waals surface area (Å²) in [6.45, 7) is 2.32. The van der Waals surface area contributed by atoms with E-state index in [-0.39, 0.29) is 12.0 Å². The van der Waals surface area contributed by atoms with Crippen molar-refractivity contribution in [3.8, 4) is 0 Å². The van der Waals surface area contributed by atoms with Gasteiger partial charge in [0.25, 0.3) is 0 Å². The molecule has 0 radical (unpaired) electrons. The molecule has 1 saturated heterocycles. The molecular formula is C12H19NO2S. The highest BCUT2D eigenvalue weighted by Gasteiger charge is 2.34. The molecule has 0 amide bonds. The van der Waals surface area contributed by atoms with E-state index in [1.807, 2.05) is 18.7 Å². The molecule has 1 heterocycles. The summed E-state index contributed by atoms with van der Waals surface area (Å²) < 4.78 is 5.03. The SMILES string of the molecule is CCOC(=O)[C@@H]1CS[C@@H]([C@H]2CC=CCC2)N1. The number of esters is 1. The summed E-state index contributed by atoms with van der Waals surface area (Å²) in [6.07, 6.45) is 8.05. The molecule has 1 N–H and O–H groups in total. The minimum absolute atomic E-state index is 0.0937. The van der Waals surface area contributed by atoms with Gasteiger partial charge in [0.1, 0.15) is 6.04 Å². The van der Waals surface area contributed by atoms with Gasteiger partial charge in [-0.25, -0.2) is 0 Å². The fraction of sp³-hybridized carbons (Fsp3) is 0.750. The third kappa shape index (κ3) is 2.80. The summed E-state index contributed by atoms with van der Waals surface area (Å²) in [6, 6.07) is -0.0964. The molecule has 90 valence electrons. The molecule has 1 aliphatic carbocycles. The Morgan fingerprint density at radius 3 is 3.12 bits per heavy atom. The first-order valence-electron chi connectivity index (χ1n) is 6.00. The summed E-state index contributed by atoms with van der Waals surface area (Å²) in [5.74, 6) is 1.43. The van der Waals surface area contributed by atoms with E-state index in [1.54, 1.807) is 0 Å². The van der Waals surface area contributed by atoms with Crippen LogP contribution in [0.1, 0.15) is 26.2 Å². The van der Waals surface area contributed by atoms with Gasteiger partial charge < -0.3 is 4.74 Å². The minimum Gasteiger partial charge on any atom is -0.465 e. The maximum absolute atomic E-state index is 11.6. The monoisotopic (exact) mass is 241 g/mol. The van der Waals surface area contributed by atoms with E-state index in [0.29, 0.717) is 17.9 Å². The largest absolute Gasteiger partial charge is 0.465 e. The Kier molecular flexibility index (Phi) is 4.29. The molecule has 2 aliphatic rings. The van der Waals surface area contributed by atoms with Crippen LogP contribution >= 0.6 is 11.8 Å². The van der Waals surface area contributed by atoms with Crippen molar-refractivity contribution >= 4 is 17.7 Å². The molecule has 0 bridgehead atoms. The van der Waals surface area contributed by atoms with Crippen LogP contribution in [-0.4, -0.2) is 29.7 Å². The molecule has 0 aromatic heterocycles. The third-order valence-electron chi connectivity index (χ3n) is 3.12. The van der Waals surface area contributed by atoms with Gasteiger partial charge in [-0.2, -0.15) is 0 Å². The molecule has 0 aromatic rings. The van der Waals surface area contributed by atoms with Crippen molar-refractivity contribution in [2.24, 2.45) is 5.92 Å². The van der Waals surface area contributed by atoms with E-state index in [1.165, 1.54) is 12.8 Å². The van der Waals surface area contributed by atoms with E-state index < -0.39 is 0 Å². The van der Waals surface area contributed by atoms with Crippen molar-refractivity contribution < 1.29 is 9.53 Å². The van der Waals surface area contributed by atoms with E-state index in [0.717, 1.165) is 12.2 Å². The highest BCUT2D eigenvalue weighted by atomic mass is 32.2. The van der Waals surface area contributed by atoms with E-state index in [4.69, 9.17) is 4.74 Å². The topological polar surface area (TPSA) is 38.3 Å². The van der Waals surface area contributed by atoms with Gasteiger partial charge in [0.05, 0.1) is 12.0 Å². The molecule has 16 heavy (non-hydrogen) atoms. The molecule has 3 atom stereocenters. The highest BCUT2D eigenvalue weighted by molar-refractivity contribution is 8.00. The van der Waals surface area contributed by atoms with Crippen molar-refractivity contribution in [3.63, 3.8) is 0 Å². The standard InChI is InChI=1S/C12H19NO2S/c1-2-15-12(14)10-8-16-11(13-10)9-6-4-3-5-7-9/h3-4,9-11,13H,2,5-8H2,1H3/t9-,10-,11-/m0/s1. The Hall–Kier alpha value is -0.480. The maximum atomic E-state index is 11.6. The van der Waals surface area contributed by atoms with Crippen LogP contribution in [0.25, 0.3) is 0 Å². The molecule has 0 aromatic carbocycles. The summed E-state index contributed by atoms with van der Waals surface area (Å²) in [5, 5.41) is 3.83. The van der Waals surface area contributed by atoms with Crippen molar-refractivity contribution in [1.82, 2.24) is 5.32 Å². The maximum Gasteiger partial charge on any atom is 0.324 e. The Morgan fingerprint density at radius 2 is 2.44 bits per heavy atom. The van der Waals surface area contributed by atoms with Crippen LogP contribution in [0.2, 0.25) is 0 Å². The molecule has 0 spiro atoms. The lowest BCUT2D eigenvalue weighted by molar-refractivity contribution is -0.144. The zero-order valence-corrected chi connectivity index (χ0v) is 10.5. The van der Waals surface area contributed by atoms with Gasteiger partial charge in [0, 0.05) is 5.75 Å². The summed E-state index contributed by atoms with van der Waals surface area (Å²) in [4.78, 5) is 11.6. The Balaban J connectivity index is 1.83. The highest BCUT2D eigenvalue weighted by Crippen LogP contribution is 2.32. The average molecular weight is 241 g/mol. The molecule has 4 heteroatoms. The van der Waals surface area contributed by atoms with Gasteiger partial charge in [-0.05, 0) is 32.1 Å². The van der Waals surface area contributed by atoms with Gasteiger partial charge in [0.15, 0.2) is 0 Å². The van der Waals surface area contributed by atoms with Crippen LogP contribution in [0, 0.1) is 5.92 Å². The van der Waals surface area contributed by atoms with E-state index in [9.17, 15) is 4.79 Å². The molecule has 2 rings (SSSR count). The quantitative estimate of drug-likeness (QED) is 0.605. The summed E-state index contributed by atoms with van der Waals surface area (Å²) in [5.41, 5.74) is 0. The second-order valence-corrected chi connectivity index (χ2v) is 5.44. The second kappa shape index (κ2) is 5.73. The normalized spacial score (nSPS) is 33.9. The number of allylic oxidation sites excluding steroid dienone is 2. The number of carbonyl (C=O) groups is 1. The number of rotatable bonds is 3. The van der Waals surface area contributed by atoms with Gasteiger partial charge in [-0.15, -0.1) is 11.8 Å². The zero-order chi connectivity index (χ0) is 11.4. The molecule has 0 saturated carbocycles. The molecule has 1 fully saturated rings. The van der Waals surface area contributed by atoms with Gasteiger partial charge >= 0.3 is 5.97 Å². The molecule has 1 aliphatic heterocycles. The number of hydrogen-bond acceptors (Lipinski definition) is 4. The molecule has 0 unspecified atom stereocenters.